The van der Waals surface area contributed by atoms with E-state index in [1.165, 1.54) is 0 Å². The summed E-state index contributed by atoms with van der Waals surface area (Å²) in [6, 6.07) is 10.5. The van der Waals surface area contributed by atoms with Crippen LogP contribution in [-0.4, -0.2) is 53.3 Å². The Morgan fingerprint density at radius 3 is 2.95 bits per heavy atom. The third kappa shape index (κ3) is 3.21. The molecule has 1 fully saturated rings. The number of β-amino-alcohol motifs (C(OH)–C–C–N with tert-alkyl or cyclic N) is 1. The molecule has 1 aliphatic heterocycles. The van der Waals surface area contributed by atoms with E-state index in [4.69, 9.17) is 0 Å². The summed E-state index contributed by atoms with van der Waals surface area (Å²) >= 11 is 0. The molecular weight excluding hydrogens is 280 g/mol. The van der Waals surface area contributed by atoms with Crippen molar-refractivity contribution in [3.8, 4) is 5.75 Å². The summed E-state index contributed by atoms with van der Waals surface area (Å²) in [5.74, 6) is 0.0775. The maximum atomic E-state index is 12.3. The topological polar surface area (TPSA) is 72.8 Å². The average Bonchev–Trinajstić information content (AvgIpc) is 2.91. The Bertz CT molecular complexity index is 687. The van der Waals surface area contributed by atoms with E-state index >= 15 is 0 Å². The van der Waals surface area contributed by atoms with Gasteiger partial charge in [0.2, 0.25) is 0 Å². The zero-order valence-corrected chi connectivity index (χ0v) is 12.3. The van der Waals surface area contributed by atoms with Gasteiger partial charge in [-0.05, 0) is 41.5 Å². The van der Waals surface area contributed by atoms with Crippen molar-refractivity contribution in [1.82, 2.24) is 10.2 Å². The van der Waals surface area contributed by atoms with Gasteiger partial charge in [0.15, 0.2) is 0 Å². The number of aliphatic hydroxyl groups is 1. The second-order valence-corrected chi connectivity index (χ2v) is 5.71. The number of aliphatic hydroxyl groups excluding tert-OH is 1. The largest absolute Gasteiger partial charge is 0.508 e. The summed E-state index contributed by atoms with van der Waals surface area (Å²) in [7, 11) is 0. The minimum absolute atomic E-state index is 0.115. The second-order valence-electron chi connectivity index (χ2n) is 5.71. The molecule has 22 heavy (non-hydrogen) atoms. The molecular formula is C17H20N2O3. The quantitative estimate of drug-likeness (QED) is 0.797. The zero-order valence-electron chi connectivity index (χ0n) is 12.3. The number of hydrogen-bond donors (Lipinski definition) is 3. The molecule has 3 rings (SSSR count). The molecule has 0 aliphatic carbocycles. The van der Waals surface area contributed by atoms with Crippen molar-refractivity contribution in [2.75, 3.05) is 26.2 Å². The molecule has 1 heterocycles. The summed E-state index contributed by atoms with van der Waals surface area (Å²) in [5, 5.41) is 23.6. The number of phenolic OH excluding ortho intramolecular Hbond substituents is 1. The molecule has 5 nitrogen and oxygen atoms in total. The van der Waals surface area contributed by atoms with E-state index in [0.717, 1.165) is 30.3 Å². The number of rotatable bonds is 4. The number of phenols is 1. The number of carbonyl (C=O) groups is 1. The molecule has 1 saturated heterocycles. The molecule has 2 aromatic carbocycles. The number of aromatic hydroxyl groups is 1. The first-order chi connectivity index (χ1) is 10.6. The first kappa shape index (κ1) is 14.8. The fourth-order valence-electron chi connectivity index (χ4n) is 2.91. The van der Waals surface area contributed by atoms with Crippen LogP contribution >= 0.6 is 0 Å². The molecule has 1 aliphatic rings. The number of likely N-dealkylation sites (tertiary alicyclic amines) is 1. The van der Waals surface area contributed by atoms with E-state index in [1.54, 1.807) is 24.3 Å². The van der Waals surface area contributed by atoms with Crippen LogP contribution in [0.5, 0.6) is 5.75 Å². The van der Waals surface area contributed by atoms with Gasteiger partial charge in [-0.2, -0.15) is 0 Å². The minimum atomic E-state index is -0.235. The number of benzene rings is 2. The van der Waals surface area contributed by atoms with Crippen molar-refractivity contribution in [2.24, 2.45) is 0 Å². The van der Waals surface area contributed by atoms with Gasteiger partial charge in [-0.15, -0.1) is 0 Å². The van der Waals surface area contributed by atoms with Crippen LogP contribution in [0.25, 0.3) is 10.8 Å². The summed E-state index contributed by atoms with van der Waals surface area (Å²) in [5.41, 5.74) is 0.610. The number of nitrogens with one attached hydrogen (secondary N) is 1. The van der Waals surface area contributed by atoms with Crippen LogP contribution in [0.3, 0.4) is 0 Å². The van der Waals surface area contributed by atoms with Crippen molar-refractivity contribution in [3.63, 3.8) is 0 Å². The molecule has 0 unspecified atom stereocenters. The van der Waals surface area contributed by atoms with E-state index in [-0.39, 0.29) is 17.8 Å². The highest BCUT2D eigenvalue weighted by molar-refractivity contribution is 6.07. The summed E-state index contributed by atoms with van der Waals surface area (Å²) in [6.07, 6.45) is 0.572. The fraction of sp³-hybridized carbons (Fsp3) is 0.353. The maximum Gasteiger partial charge on any atom is 0.251 e. The first-order valence-corrected chi connectivity index (χ1v) is 7.54. The van der Waals surface area contributed by atoms with Gasteiger partial charge in [0.25, 0.3) is 5.91 Å². The molecule has 5 heteroatoms. The summed E-state index contributed by atoms with van der Waals surface area (Å²) in [4.78, 5) is 14.5. The lowest BCUT2D eigenvalue weighted by atomic mass is 10.0. The van der Waals surface area contributed by atoms with Gasteiger partial charge in [-0.25, -0.2) is 0 Å². The Morgan fingerprint density at radius 2 is 2.18 bits per heavy atom. The molecule has 0 bridgehead atoms. The highest BCUT2D eigenvalue weighted by Crippen LogP contribution is 2.23. The monoisotopic (exact) mass is 300 g/mol. The molecule has 0 spiro atoms. The third-order valence-electron chi connectivity index (χ3n) is 4.07. The predicted molar refractivity (Wildman–Crippen MR) is 85.0 cm³/mol. The van der Waals surface area contributed by atoms with Crippen LogP contribution in [0.1, 0.15) is 16.8 Å². The molecule has 3 N–H and O–H groups in total. The van der Waals surface area contributed by atoms with E-state index in [1.807, 2.05) is 12.1 Å². The van der Waals surface area contributed by atoms with Crippen molar-refractivity contribution in [1.29, 1.82) is 0 Å². The van der Waals surface area contributed by atoms with Crippen LogP contribution in [0.15, 0.2) is 36.4 Å². The van der Waals surface area contributed by atoms with Crippen molar-refractivity contribution in [3.05, 3.63) is 42.0 Å². The molecule has 116 valence electrons. The number of amides is 1. The average molecular weight is 300 g/mol. The van der Waals surface area contributed by atoms with E-state index in [2.05, 4.69) is 10.2 Å². The summed E-state index contributed by atoms with van der Waals surface area (Å²) < 4.78 is 0. The molecule has 2 aromatic rings. The van der Waals surface area contributed by atoms with Gasteiger partial charge >= 0.3 is 0 Å². The van der Waals surface area contributed by atoms with E-state index in [0.29, 0.717) is 18.7 Å². The Hall–Kier alpha value is -2.11. The highest BCUT2D eigenvalue weighted by atomic mass is 16.3. The SMILES string of the molecule is O=C(NCCN1CC[C@@H](O)C1)c1cccc2cc(O)ccc12. The van der Waals surface area contributed by atoms with Gasteiger partial charge in [0.05, 0.1) is 6.10 Å². The van der Waals surface area contributed by atoms with Crippen LogP contribution in [0, 0.1) is 0 Å². The Kier molecular flexibility index (Phi) is 4.27. The molecule has 0 aromatic heterocycles. The zero-order chi connectivity index (χ0) is 15.5. The Labute approximate surface area is 129 Å². The number of fused-ring (bicyclic) bond motifs is 1. The number of carbonyl (C=O) groups excluding carboxylic acids is 1. The van der Waals surface area contributed by atoms with E-state index in [9.17, 15) is 15.0 Å². The number of hydrogen-bond acceptors (Lipinski definition) is 4. The highest BCUT2D eigenvalue weighted by Gasteiger charge is 2.19. The molecule has 0 saturated carbocycles. The lowest BCUT2D eigenvalue weighted by molar-refractivity contribution is 0.0950. The Morgan fingerprint density at radius 1 is 1.32 bits per heavy atom. The van der Waals surface area contributed by atoms with Crippen LogP contribution in [0.4, 0.5) is 0 Å². The van der Waals surface area contributed by atoms with Gasteiger partial charge in [0, 0.05) is 31.7 Å². The normalized spacial score (nSPS) is 18.7. The lowest BCUT2D eigenvalue weighted by Crippen LogP contribution is -2.34. The third-order valence-corrected chi connectivity index (χ3v) is 4.07. The van der Waals surface area contributed by atoms with Gasteiger partial charge in [-0.1, -0.05) is 12.1 Å². The molecule has 0 radical (unpaired) electrons. The lowest BCUT2D eigenvalue weighted by Gasteiger charge is -2.15. The van der Waals surface area contributed by atoms with Crippen molar-refractivity contribution >= 4 is 16.7 Å². The summed E-state index contributed by atoms with van der Waals surface area (Å²) in [6.45, 7) is 2.86. The van der Waals surface area contributed by atoms with Gasteiger partial charge in [-0.3, -0.25) is 9.69 Å². The Balaban J connectivity index is 1.65. The van der Waals surface area contributed by atoms with Gasteiger partial charge in [0.1, 0.15) is 5.75 Å². The smallest absolute Gasteiger partial charge is 0.251 e. The van der Waals surface area contributed by atoms with Gasteiger partial charge < -0.3 is 15.5 Å². The minimum Gasteiger partial charge on any atom is -0.508 e. The van der Waals surface area contributed by atoms with Crippen molar-refractivity contribution < 1.29 is 15.0 Å². The van der Waals surface area contributed by atoms with Crippen LogP contribution in [0.2, 0.25) is 0 Å². The predicted octanol–water partition coefficient (Wildman–Crippen LogP) is 1.34. The first-order valence-electron chi connectivity index (χ1n) is 7.54. The van der Waals surface area contributed by atoms with E-state index < -0.39 is 0 Å². The standard InChI is InChI=1S/C17H20N2O3/c20-13-4-5-15-12(10-13)2-1-3-16(15)17(22)18-7-9-19-8-6-14(21)11-19/h1-5,10,14,20-21H,6-9,11H2,(H,18,22)/t14-/m1/s1. The second kappa shape index (κ2) is 6.34. The van der Waals surface area contributed by atoms with Crippen molar-refractivity contribution in [2.45, 2.75) is 12.5 Å². The van der Waals surface area contributed by atoms with Crippen LogP contribution < -0.4 is 5.32 Å². The molecule has 1 amide bonds. The van der Waals surface area contributed by atoms with Crippen LogP contribution in [-0.2, 0) is 0 Å². The fourth-order valence-corrected chi connectivity index (χ4v) is 2.91. The number of nitrogens with zero attached hydrogens (tertiary/aromatic N) is 1. The molecule has 1 atom stereocenters. The maximum absolute atomic E-state index is 12.3.